The maximum Gasteiger partial charge on any atom is 0.211 e. The third-order valence-corrected chi connectivity index (χ3v) is 4.58. The van der Waals surface area contributed by atoms with Gasteiger partial charge in [0.15, 0.2) is 11.5 Å². The number of unbranched alkanes of at least 4 members (excludes halogenated alkanes) is 6. The number of ether oxygens (including phenoxy) is 4. The van der Waals surface area contributed by atoms with E-state index in [1.54, 1.807) is 0 Å². The Labute approximate surface area is 171 Å². The van der Waals surface area contributed by atoms with Crippen molar-refractivity contribution in [3.8, 4) is 28.7 Å². The fraction of sp³-hybridized carbons (Fsp3) is 0.739. The summed E-state index contributed by atoms with van der Waals surface area (Å²) in [7, 11) is 0. The van der Waals surface area contributed by atoms with Crippen molar-refractivity contribution in [1.82, 2.24) is 0 Å². The Morgan fingerprint density at radius 2 is 0.964 bits per heavy atom. The maximum absolute atomic E-state index is 11.0. The minimum atomic E-state index is 0.114. The zero-order valence-corrected chi connectivity index (χ0v) is 18.6. The van der Waals surface area contributed by atoms with Gasteiger partial charge in [-0.2, -0.15) is 0 Å². The molecule has 0 heterocycles. The van der Waals surface area contributed by atoms with Gasteiger partial charge in [-0.3, -0.25) is 0 Å². The molecule has 0 bridgehead atoms. The van der Waals surface area contributed by atoms with Gasteiger partial charge in [0.1, 0.15) is 0 Å². The van der Waals surface area contributed by atoms with Crippen molar-refractivity contribution in [2.45, 2.75) is 86.0 Å². The summed E-state index contributed by atoms with van der Waals surface area (Å²) in [6.07, 6.45) is 9.22. The molecule has 0 amide bonds. The van der Waals surface area contributed by atoms with Crippen LogP contribution in [0.4, 0.5) is 0 Å². The Bertz CT molecular complexity index is 557. The minimum Gasteiger partial charge on any atom is -0.504 e. The molecule has 1 aromatic rings. The molecule has 1 aromatic carbocycles. The highest BCUT2D eigenvalue weighted by atomic mass is 16.6. The van der Waals surface area contributed by atoms with Crippen LogP contribution < -0.4 is 18.9 Å². The highest BCUT2D eigenvalue weighted by Gasteiger charge is 2.28. The van der Waals surface area contributed by atoms with E-state index >= 15 is 0 Å². The van der Waals surface area contributed by atoms with E-state index in [2.05, 4.69) is 6.92 Å². The van der Waals surface area contributed by atoms with Crippen LogP contribution in [-0.2, 0) is 6.42 Å². The molecule has 28 heavy (non-hydrogen) atoms. The van der Waals surface area contributed by atoms with Gasteiger partial charge in [-0.25, -0.2) is 0 Å². The van der Waals surface area contributed by atoms with E-state index in [1.807, 2.05) is 27.7 Å². The summed E-state index contributed by atoms with van der Waals surface area (Å²) in [5.41, 5.74) is 0.755. The average molecular weight is 397 g/mol. The number of hydrogen-bond acceptors (Lipinski definition) is 5. The van der Waals surface area contributed by atoms with E-state index in [0.29, 0.717) is 49.4 Å². The van der Waals surface area contributed by atoms with Crippen molar-refractivity contribution in [2.24, 2.45) is 0 Å². The van der Waals surface area contributed by atoms with E-state index in [1.165, 1.54) is 32.1 Å². The molecule has 1 N–H and O–H groups in total. The summed E-state index contributed by atoms with van der Waals surface area (Å²) in [5, 5.41) is 11.0. The van der Waals surface area contributed by atoms with Gasteiger partial charge >= 0.3 is 0 Å². The van der Waals surface area contributed by atoms with Crippen molar-refractivity contribution in [1.29, 1.82) is 0 Å². The molecule has 0 saturated carbocycles. The zero-order chi connectivity index (χ0) is 20.8. The summed E-state index contributed by atoms with van der Waals surface area (Å²) in [6, 6.07) is 0. The first-order valence-electron chi connectivity index (χ1n) is 11.1. The standard InChI is InChI=1S/C23H40O5/c1-6-11-12-13-14-15-16-17-18-19(24)21(26-8-3)23(28-10-5)22(27-9-4)20(18)25-7-2/h24H,6-17H2,1-5H3. The first-order valence-corrected chi connectivity index (χ1v) is 11.1. The molecule has 0 saturated heterocycles. The predicted octanol–water partition coefficient (Wildman–Crippen LogP) is 6.28. The second kappa shape index (κ2) is 14.3. The van der Waals surface area contributed by atoms with Gasteiger partial charge in [-0.15, -0.1) is 0 Å². The average Bonchev–Trinajstić information content (AvgIpc) is 2.69. The first-order chi connectivity index (χ1) is 13.7. The van der Waals surface area contributed by atoms with E-state index in [4.69, 9.17) is 18.9 Å². The molecule has 1 rings (SSSR count). The minimum absolute atomic E-state index is 0.114. The van der Waals surface area contributed by atoms with Crippen LogP contribution in [-0.4, -0.2) is 31.5 Å². The molecule has 0 aromatic heterocycles. The van der Waals surface area contributed by atoms with E-state index in [0.717, 1.165) is 24.8 Å². The molecule has 162 valence electrons. The van der Waals surface area contributed by atoms with Crippen LogP contribution in [0.1, 0.15) is 85.1 Å². The molecule has 0 fully saturated rings. The highest BCUT2D eigenvalue weighted by Crippen LogP contribution is 2.54. The normalized spacial score (nSPS) is 10.8. The lowest BCUT2D eigenvalue weighted by atomic mass is 10.0. The number of phenols is 1. The number of hydrogen-bond donors (Lipinski definition) is 1. The van der Waals surface area contributed by atoms with Crippen LogP contribution in [0.2, 0.25) is 0 Å². The number of phenolic OH excluding ortho intramolecular Hbond substituents is 1. The summed E-state index contributed by atoms with van der Waals surface area (Å²) in [4.78, 5) is 0. The van der Waals surface area contributed by atoms with Gasteiger partial charge in [-0.1, -0.05) is 45.4 Å². The summed E-state index contributed by atoms with van der Waals surface area (Å²) in [6.45, 7) is 11.7. The SMILES string of the molecule is CCCCCCCCCc1c(O)c(OCC)c(OCC)c(OCC)c1OCC. The number of benzene rings is 1. The molecular weight excluding hydrogens is 356 g/mol. The Hall–Kier alpha value is -1.78. The van der Waals surface area contributed by atoms with Crippen LogP contribution in [0, 0.1) is 0 Å². The van der Waals surface area contributed by atoms with Crippen LogP contribution in [0.15, 0.2) is 0 Å². The van der Waals surface area contributed by atoms with E-state index < -0.39 is 0 Å². The van der Waals surface area contributed by atoms with Crippen LogP contribution in [0.3, 0.4) is 0 Å². The van der Waals surface area contributed by atoms with Crippen LogP contribution in [0.5, 0.6) is 28.7 Å². The molecular formula is C23H40O5. The molecule has 5 heteroatoms. The van der Waals surface area contributed by atoms with Gasteiger partial charge in [0.25, 0.3) is 0 Å². The number of aromatic hydroxyl groups is 1. The van der Waals surface area contributed by atoms with Gasteiger partial charge in [-0.05, 0) is 40.5 Å². The Morgan fingerprint density at radius 1 is 0.536 bits per heavy atom. The van der Waals surface area contributed by atoms with Crippen LogP contribution in [0.25, 0.3) is 0 Å². The quantitative estimate of drug-likeness (QED) is 0.333. The fourth-order valence-corrected chi connectivity index (χ4v) is 3.31. The third kappa shape index (κ3) is 6.99. The highest BCUT2D eigenvalue weighted by molar-refractivity contribution is 5.70. The molecule has 0 aliphatic rings. The summed E-state index contributed by atoms with van der Waals surface area (Å²) < 4.78 is 23.3. The van der Waals surface area contributed by atoms with Gasteiger partial charge in [0, 0.05) is 5.56 Å². The van der Waals surface area contributed by atoms with Crippen molar-refractivity contribution in [2.75, 3.05) is 26.4 Å². The van der Waals surface area contributed by atoms with Crippen LogP contribution >= 0.6 is 0 Å². The monoisotopic (exact) mass is 396 g/mol. The summed E-state index contributed by atoms with van der Waals surface area (Å²) in [5.74, 6) is 2.01. The zero-order valence-electron chi connectivity index (χ0n) is 18.6. The Balaban J connectivity index is 3.13. The largest absolute Gasteiger partial charge is 0.504 e. The molecule has 0 atom stereocenters. The fourth-order valence-electron chi connectivity index (χ4n) is 3.31. The summed E-state index contributed by atoms with van der Waals surface area (Å²) >= 11 is 0. The van der Waals surface area contributed by atoms with Gasteiger partial charge in [0.2, 0.25) is 17.2 Å². The second-order valence-electron chi connectivity index (χ2n) is 6.75. The first kappa shape index (κ1) is 24.3. The Morgan fingerprint density at radius 3 is 1.50 bits per heavy atom. The van der Waals surface area contributed by atoms with Crippen molar-refractivity contribution in [3.63, 3.8) is 0 Å². The topological polar surface area (TPSA) is 57.2 Å². The lowest BCUT2D eigenvalue weighted by Crippen LogP contribution is -2.08. The number of rotatable bonds is 16. The molecule has 0 aliphatic heterocycles. The molecule has 0 spiro atoms. The van der Waals surface area contributed by atoms with E-state index in [9.17, 15) is 5.11 Å². The van der Waals surface area contributed by atoms with Crippen molar-refractivity contribution >= 4 is 0 Å². The smallest absolute Gasteiger partial charge is 0.211 e. The lowest BCUT2D eigenvalue weighted by molar-refractivity contribution is 0.235. The molecule has 0 radical (unpaired) electrons. The maximum atomic E-state index is 11.0. The van der Waals surface area contributed by atoms with Gasteiger partial charge < -0.3 is 24.1 Å². The molecule has 0 aliphatic carbocycles. The van der Waals surface area contributed by atoms with E-state index in [-0.39, 0.29) is 5.75 Å². The van der Waals surface area contributed by atoms with Crippen molar-refractivity contribution < 1.29 is 24.1 Å². The van der Waals surface area contributed by atoms with Crippen molar-refractivity contribution in [3.05, 3.63) is 5.56 Å². The molecule has 5 nitrogen and oxygen atoms in total. The Kier molecular flexibility index (Phi) is 12.3. The predicted molar refractivity (Wildman–Crippen MR) is 114 cm³/mol. The second-order valence-corrected chi connectivity index (χ2v) is 6.75. The molecule has 0 unspecified atom stereocenters. The lowest BCUT2D eigenvalue weighted by Gasteiger charge is -2.23. The third-order valence-electron chi connectivity index (χ3n) is 4.58. The van der Waals surface area contributed by atoms with Gasteiger partial charge in [0.05, 0.1) is 26.4 Å².